The molecular weight excluding hydrogens is 288 g/mol. The van der Waals surface area contributed by atoms with E-state index in [1.165, 1.54) is 5.56 Å². The van der Waals surface area contributed by atoms with E-state index in [0.717, 1.165) is 16.7 Å². The van der Waals surface area contributed by atoms with Gasteiger partial charge < -0.3 is 4.90 Å². The second-order valence-electron chi connectivity index (χ2n) is 4.11. The molecule has 0 heterocycles. The smallest absolute Gasteiger partial charge is 0.101 e. The summed E-state index contributed by atoms with van der Waals surface area (Å²) in [5.41, 5.74) is 2.86. The van der Waals surface area contributed by atoms with Crippen molar-refractivity contribution in [2.75, 3.05) is 11.9 Å². The molecule has 90 valence electrons. The highest BCUT2D eigenvalue weighted by molar-refractivity contribution is 9.10. The van der Waals surface area contributed by atoms with Crippen molar-refractivity contribution in [3.8, 4) is 6.07 Å². The molecule has 0 fully saturated rings. The van der Waals surface area contributed by atoms with Gasteiger partial charge in [-0.2, -0.15) is 5.26 Å². The van der Waals surface area contributed by atoms with Gasteiger partial charge in [-0.05, 0) is 23.8 Å². The Morgan fingerprint density at radius 1 is 1.17 bits per heavy atom. The fraction of sp³-hybridized carbons (Fsp3) is 0.133. The van der Waals surface area contributed by atoms with Crippen LogP contribution in [0.2, 0.25) is 0 Å². The summed E-state index contributed by atoms with van der Waals surface area (Å²) in [5, 5.41) is 9.13. The zero-order chi connectivity index (χ0) is 13.0. The van der Waals surface area contributed by atoms with E-state index in [0.29, 0.717) is 5.56 Å². The lowest BCUT2D eigenvalue weighted by atomic mass is 10.1. The molecule has 0 radical (unpaired) electrons. The summed E-state index contributed by atoms with van der Waals surface area (Å²) >= 11 is 3.44. The third-order valence-corrected chi connectivity index (χ3v) is 3.25. The van der Waals surface area contributed by atoms with Crippen molar-refractivity contribution in [1.82, 2.24) is 0 Å². The maximum absolute atomic E-state index is 9.13. The third-order valence-electron chi connectivity index (χ3n) is 2.75. The fourth-order valence-electron chi connectivity index (χ4n) is 1.86. The van der Waals surface area contributed by atoms with Crippen molar-refractivity contribution in [2.24, 2.45) is 0 Å². The van der Waals surface area contributed by atoms with E-state index in [1.54, 1.807) is 0 Å². The number of rotatable bonds is 3. The van der Waals surface area contributed by atoms with E-state index >= 15 is 0 Å². The molecule has 2 rings (SSSR count). The highest BCUT2D eigenvalue weighted by Gasteiger charge is 2.08. The number of benzene rings is 2. The SMILES string of the molecule is CN(Cc1ccccc1)c1cc(Br)ccc1C#N. The van der Waals surface area contributed by atoms with Crippen molar-refractivity contribution in [3.63, 3.8) is 0 Å². The monoisotopic (exact) mass is 300 g/mol. The van der Waals surface area contributed by atoms with Crippen LogP contribution in [0, 0.1) is 11.3 Å². The Morgan fingerprint density at radius 3 is 2.56 bits per heavy atom. The Kier molecular flexibility index (Phi) is 4.01. The number of anilines is 1. The van der Waals surface area contributed by atoms with Gasteiger partial charge >= 0.3 is 0 Å². The van der Waals surface area contributed by atoms with Gasteiger partial charge in [0.25, 0.3) is 0 Å². The van der Waals surface area contributed by atoms with Crippen LogP contribution < -0.4 is 4.90 Å². The largest absolute Gasteiger partial charge is 0.369 e. The summed E-state index contributed by atoms with van der Waals surface area (Å²) in [5.74, 6) is 0. The summed E-state index contributed by atoms with van der Waals surface area (Å²) in [4.78, 5) is 2.08. The second-order valence-corrected chi connectivity index (χ2v) is 5.03. The zero-order valence-electron chi connectivity index (χ0n) is 10.1. The first kappa shape index (κ1) is 12.7. The predicted molar refractivity (Wildman–Crippen MR) is 77.4 cm³/mol. The zero-order valence-corrected chi connectivity index (χ0v) is 11.7. The minimum atomic E-state index is 0.691. The number of halogens is 1. The molecule has 0 atom stereocenters. The molecule has 2 aromatic rings. The van der Waals surface area contributed by atoms with E-state index in [1.807, 2.05) is 43.4 Å². The van der Waals surface area contributed by atoms with Gasteiger partial charge in [-0.1, -0.05) is 46.3 Å². The van der Waals surface area contributed by atoms with Crippen LogP contribution in [0.3, 0.4) is 0 Å². The summed E-state index contributed by atoms with van der Waals surface area (Å²) < 4.78 is 0.983. The highest BCUT2D eigenvalue weighted by Crippen LogP contribution is 2.25. The van der Waals surface area contributed by atoms with E-state index in [9.17, 15) is 0 Å². The van der Waals surface area contributed by atoms with Crippen LogP contribution in [0.15, 0.2) is 53.0 Å². The van der Waals surface area contributed by atoms with Gasteiger partial charge in [0.15, 0.2) is 0 Å². The average Bonchev–Trinajstić information content (AvgIpc) is 2.40. The van der Waals surface area contributed by atoms with Crippen molar-refractivity contribution in [2.45, 2.75) is 6.54 Å². The first-order valence-corrected chi connectivity index (χ1v) is 6.44. The maximum atomic E-state index is 9.13. The van der Waals surface area contributed by atoms with Crippen molar-refractivity contribution < 1.29 is 0 Å². The molecular formula is C15H13BrN2. The van der Waals surface area contributed by atoms with Crippen LogP contribution in [0.4, 0.5) is 5.69 Å². The minimum Gasteiger partial charge on any atom is -0.369 e. The Hall–Kier alpha value is -1.79. The van der Waals surface area contributed by atoms with E-state index in [2.05, 4.69) is 39.0 Å². The molecule has 3 heteroatoms. The lowest BCUT2D eigenvalue weighted by molar-refractivity contribution is 0.920. The quantitative estimate of drug-likeness (QED) is 0.858. The van der Waals surface area contributed by atoms with Crippen LogP contribution in [-0.4, -0.2) is 7.05 Å². The van der Waals surface area contributed by atoms with E-state index in [-0.39, 0.29) is 0 Å². The van der Waals surface area contributed by atoms with E-state index in [4.69, 9.17) is 5.26 Å². The average molecular weight is 301 g/mol. The molecule has 0 N–H and O–H groups in total. The lowest BCUT2D eigenvalue weighted by Gasteiger charge is -2.20. The first-order chi connectivity index (χ1) is 8.70. The molecule has 0 unspecified atom stereocenters. The first-order valence-electron chi connectivity index (χ1n) is 5.65. The molecule has 0 amide bonds. The molecule has 2 aromatic carbocycles. The predicted octanol–water partition coefficient (Wildman–Crippen LogP) is 3.96. The van der Waals surface area contributed by atoms with Crippen LogP contribution in [0.25, 0.3) is 0 Å². The highest BCUT2D eigenvalue weighted by atomic mass is 79.9. The van der Waals surface area contributed by atoms with Gasteiger partial charge in [-0.15, -0.1) is 0 Å². The Balaban J connectivity index is 2.26. The topological polar surface area (TPSA) is 27.0 Å². The summed E-state index contributed by atoms with van der Waals surface area (Å²) in [6.45, 7) is 0.784. The second kappa shape index (κ2) is 5.70. The van der Waals surface area contributed by atoms with Crippen molar-refractivity contribution in [3.05, 3.63) is 64.1 Å². The Bertz CT molecular complexity index is 573. The van der Waals surface area contributed by atoms with Gasteiger partial charge in [0.1, 0.15) is 6.07 Å². The fourth-order valence-corrected chi connectivity index (χ4v) is 2.21. The van der Waals surface area contributed by atoms with Crippen molar-refractivity contribution >= 4 is 21.6 Å². The molecule has 0 saturated heterocycles. The Morgan fingerprint density at radius 2 is 1.89 bits per heavy atom. The molecule has 18 heavy (non-hydrogen) atoms. The third kappa shape index (κ3) is 2.91. The normalized spacial score (nSPS) is 9.83. The summed E-state index contributed by atoms with van der Waals surface area (Å²) in [7, 11) is 2.00. The van der Waals surface area contributed by atoms with Crippen LogP contribution in [0.1, 0.15) is 11.1 Å². The van der Waals surface area contributed by atoms with Crippen LogP contribution >= 0.6 is 15.9 Å². The molecule has 0 aliphatic carbocycles. The van der Waals surface area contributed by atoms with Gasteiger partial charge in [0.05, 0.1) is 11.3 Å². The van der Waals surface area contributed by atoms with Crippen LogP contribution in [0.5, 0.6) is 0 Å². The van der Waals surface area contributed by atoms with Gasteiger partial charge in [-0.25, -0.2) is 0 Å². The molecule has 0 aliphatic heterocycles. The molecule has 0 spiro atoms. The Labute approximate surface area is 116 Å². The standard InChI is InChI=1S/C15H13BrN2/c1-18(11-12-5-3-2-4-6-12)15-9-14(16)8-7-13(15)10-17/h2-9H,11H2,1H3. The summed E-state index contributed by atoms with van der Waals surface area (Å²) in [6.07, 6.45) is 0. The summed E-state index contributed by atoms with van der Waals surface area (Å²) in [6, 6.07) is 18.1. The van der Waals surface area contributed by atoms with Gasteiger partial charge in [0.2, 0.25) is 0 Å². The molecule has 0 bridgehead atoms. The van der Waals surface area contributed by atoms with Gasteiger partial charge in [0, 0.05) is 18.1 Å². The number of hydrogen-bond donors (Lipinski definition) is 0. The lowest BCUT2D eigenvalue weighted by Crippen LogP contribution is -2.17. The minimum absolute atomic E-state index is 0.691. The van der Waals surface area contributed by atoms with E-state index < -0.39 is 0 Å². The molecule has 0 aromatic heterocycles. The molecule has 0 saturated carbocycles. The van der Waals surface area contributed by atoms with Gasteiger partial charge in [-0.3, -0.25) is 0 Å². The van der Waals surface area contributed by atoms with Crippen LogP contribution in [-0.2, 0) is 6.54 Å². The number of nitrogens with zero attached hydrogens (tertiary/aromatic N) is 2. The maximum Gasteiger partial charge on any atom is 0.101 e. The molecule has 2 nitrogen and oxygen atoms in total. The molecule has 0 aliphatic rings. The van der Waals surface area contributed by atoms with Crippen molar-refractivity contribution in [1.29, 1.82) is 5.26 Å². The number of hydrogen-bond acceptors (Lipinski definition) is 2. The number of nitriles is 1.